The van der Waals surface area contributed by atoms with E-state index in [-0.39, 0.29) is 0 Å². The van der Waals surface area contributed by atoms with Crippen LogP contribution in [0, 0.1) is 0 Å². The minimum Gasteiger partial charge on any atom is -0.456 e. The van der Waals surface area contributed by atoms with Crippen molar-refractivity contribution in [2.45, 2.75) is 0 Å². The predicted molar refractivity (Wildman–Crippen MR) is 213 cm³/mol. The molecule has 8 aromatic carbocycles. The zero-order chi connectivity index (χ0) is 33.5. The molecule has 0 aliphatic carbocycles. The van der Waals surface area contributed by atoms with Crippen LogP contribution >= 0.6 is 0 Å². The molecule has 3 nitrogen and oxygen atoms in total. The van der Waals surface area contributed by atoms with Crippen molar-refractivity contribution in [2.24, 2.45) is 0 Å². The maximum atomic E-state index is 6.24. The van der Waals surface area contributed by atoms with Crippen LogP contribution in [0.1, 0.15) is 0 Å². The van der Waals surface area contributed by atoms with Gasteiger partial charge in [0, 0.05) is 43.7 Å². The highest BCUT2D eigenvalue weighted by atomic mass is 16.3. The number of aromatic nitrogens is 2. The number of benzene rings is 8. The molecule has 0 radical (unpaired) electrons. The van der Waals surface area contributed by atoms with E-state index in [4.69, 9.17) is 4.42 Å². The Morgan fingerprint density at radius 2 is 0.941 bits per heavy atom. The van der Waals surface area contributed by atoms with Crippen molar-refractivity contribution in [1.82, 2.24) is 9.13 Å². The molecule has 11 rings (SSSR count). The molecule has 3 heterocycles. The van der Waals surface area contributed by atoms with E-state index in [0.29, 0.717) is 0 Å². The van der Waals surface area contributed by atoms with E-state index in [1.807, 2.05) is 12.1 Å². The number of fused-ring (bicyclic) bond motifs is 9. The summed E-state index contributed by atoms with van der Waals surface area (Å²) in [5.74, 6) is 0. The molecular formula is C48H30N2O. The van der Waals surface area contributed by atoms with Gasteiger partial charge in [-0.25, -0.2) is 0 Å². The Bertz CT molecular complexity index is 3130. The first-order valence-electron chi connectivity index (χ1n) is 17.4. The van der Waals surface area contributed by atoms with Crippen molar-refractivity contribution >= 4 is 65.6 Å². The molecule has 238 valence electrons. The van der Waals surface area contributed by atoms with Crippen molar-refractivity contribution in [3.8, 4) is 33.6 Å². The van der Waals surface area contributed by atoms with Crippen LogP contribution in [0.15, 0.2) is 186 Å². The Labute approximate surface area is 293 Å². The second-order valence-corrected chi connectivity index (χ2v) is 13.3. The van der Waals surface area contributed by atoms with Crippen LogP contribution in [0.4, 0.5) is 0 Å². The SMILES string of the molecule is c1ccc(-c2cc3c4ccccc4n(-c4ccc5oc6ccccc6c5c4)c3cc2-c2cccc3c2c2ccccc2n3-c2ccccc2)cc1. The number of hydrogen-bond acceptors (Lipinski definition) is 1. The fourth-order valence-electron chi connectivity index (χ4n) is 8.32. The van der Waals surface area contributed by atoms with Gasteiger partial charge in [-0.2, -0.15) is 0 Å². The highest BCUT2D eigenvalue weighted by molar-refractivity contribution is 6.19. The summed E-state index contributed by atoms with van der Waals surface area (Å²) in [7, 11) is 0. The lowest BCUT2D eigenvalue weighted by molar-refractivity contribution is 0.669. The van der Waals surface area contributed by atoms with Crippen LogP contribution in [-0.4, -0.2) is 9.13 Å². The number of nitrogens with zero attached hydrogens (tertiary/aromatic N) is 2. The second kappa shape index (κ2) is 10.8. The molecule has 0 unspecified atom stereocenters. The molecule has 3 heteroatoms. The van der Waals surface area contributed by atoms with Crippen molar-refractivity contribution in [1.29, 1.82) is 0 Å². The van der Waals surface area contributed by atoms with Crippen molar-refractivity contribution < 1.29 is 4.42 Å². The average Bonchev–Trinajstić information content (AvgIpc) is 3.85. The Morgan fingerprint density at radius 1 is 0.314 bits per heavy atom. The first-order chi connectivity index (χ1) is 25.3. The maximum Gasteiger partial charge on any atom is 0.135 e. The Kier molecular flexibility index (Phi) is 5.96. The molecule has 0 atom stereocenters. The third-order valence-electron chi connectivity index (χ3n) is 10.5. The molecular weight excluding hydrogens is 621 g/mol. The molecule has 0 spiro atoms. The largest absolute Gasteiger partial charge is 0.456 e. The van der Waals surface area contributed by atoms with E-state index in [0.717, 1.165) is 33.3 Å². The highest BCUT2D eigenvalue weighted by Gasteiger charge is 2.22. The molecule has 0 amide bonds. The monoisotopic (exact) mass is 650 g/mol. The summed E-state index contributed by atoms with van der Waals surface area (Å²) in [4.78, 5) is 0. The van der Waals surface area contributed by atoms with Crippen LogP contribution in [-0.2, 0) is 0 Å². The smallest absolute Gasteiger partial charge is 0.135 e. The summed E-state index contributed by atoms with van der Waals surface area (Å²) >= 11 is 0. The highest BCUT2D eigenvalue weighted by Crippen LogP contribution is 2.45. The lowest BCUT2D eigenvalue weighted by Crippen LogP contribution is -1.95. The molecule has 0 N–H and O–H groups in total. The van der Waals surface area contributed by atoms with Gasteiger partial charge in [0.1, 0.15) is 11.2 Å². The van der Waals surface area contributed by atoms with Gasteiger partial charge in [0.2, 0.25) is 0 Å². The fourth-order valence-corrected chi connectivity index (χ4v) is 8.32. The molecule has 0 aliphatic rings. The first-order valence-corrected chi connectivity index (χ1v) is 17.4. The third kappa shape index (κ3) is 4.12. The second-order valence-electron chi connectivity index (χ2n) is 13.3. The summed E-state index contributed by atoms with van der Waals surface area (Å²) in [5.41, 5.74) is 13.6. The third-order valence-corrected chi connectivity index (χ3v) is 10.5. The van der Waals surface area contributed by atoms with Gasteiger partial charge in [-0.3, -0.25) is 0 Å². The van der Waals surface area contributed by atoms with Gasteiger partial charge in [-0.1, -0.05) is 115 Å². The van der Waals surface area contributed by atoms with E-state index < -0.39 is 0 Å². The standard InChI is InChI=1S/C48H30N2O/c1-3-14-31(15-4-1)38-29-40-34-18-7-10-22-42(34)50(33-26-27-47-41(28-33)35-19-9-12-25-46(35)51-47)45(40)30-39(38)36-21-13-24-44-48(36)37-20-8-11-23-43(37)49(44)32-16-5-2-6-17-32/h1-30H. The number of para-hydroxylation sites is 4. The van der Waals surface area contributed by atoms with Crippen LogP contribution in [0.5, 0.6) is 0 Å². The first kappa shape index (κ1) is 28.0. The van der Waals surface area contributed by atoms with Gasteiger partial charge in [0.15, 0.2) is 0 Å². The van der Waals surface area contributed by atoms with Crippen molar-refractivity contribution in [2.75, 3.05) is 0 Å². The molecule has 0 bridgehead atoms. The number of furan rings is 1. The van der Waals surface area contributed by atoms with Crippen molar-refractivity contribution in [3.63, 3.8) is 0 Å². The topological polar surface area (TPSA) is 23.0 Å². The molecule has 51 heavy (non-hydrogen) atoms. The molecule has 11 aromatic rings. The molecule has 0 saturated heterocycles. The van der Waals surface area contributed by atoms with Crippen LogP contribution in [0.3, 0.4) is 0 Å². The predicted octanol–water partition coefficient (Wildman–Crippen LogP) is 13.1. The summed E-state index contributed by atoms with van der Waals surface area (Å²) < 4.78 is 11.1. The summed E-state index contributed by atoms with van der Waals surface area (Å²) in [6.07, 6.45) is 0. The fraction of sp³-hybridized carbons (Fsp3) is 0. The minimum atomic E-state index is 0.897. The van der Waals surface area contributed by atoms with Gasteiger partial charge in [-0.05, 0) is 89.0 Å². The van der Waals surface area contributed by atoms with Gasteiger partial charge in [0.05, 0.1) is 22.1 Å². The van der Waals surface area contributed by atoms with Gasteiger partial charge < -0.3 is 13.6 Å². The van der Waals surface area contributed by atoms with Gasteiger partial charge in [-0.15, -0.1) is 0 Å². The van der Waals surface area contributed by atoms with Gasteiger partial charge >= 0.3 is 0 Å². The lowest BCUT2D eigenvalue weighted by atomic mass is 9.90. The Hall–Kier alpha value is -6.84. The van der Waals surface area contributed by atoms with E-state index >= 15 is 0 Å². The zero-order valence-corrected chi connectivity index (χ0v) is 27.6. The van der Waals surface area contributed by atoms with E-state index in [1.165, 1.54) is 65.9 Å². The van der Waals surface area contributed by atoms with Crippen molar-refractivity contribution in [3.05, 3.63) is 182 Å². The normalized spacial score (nSPS) is 11.9. The van der Waals surface area contributed by atoms with Gasteiger partial charge in [0.25, 0.3) is 0 Å². The van der Waals surface area contributed by atoms with Crippen LogP contribution < -0.4 is 0 Å². The van der Waals surface area contributed by atoms with Crippen LogP contribution in [0.2, 0.25) is 0 Å². The Balaban J connectivity index is 1.27. The number of rotatable bonds is 4. The Morgan fingerprint density at radius 3 is 1.76 bits per heavy atom. The molecule has 0 saturated carbocycles. The summed E-state index contributed by atoms with van der Waals surface area (Å²) in [5, 5.41) is 7.19. The van der Waals surface area contributed by atoms with E-state index in [1.54, 1.807) is 0 Å². The summed E-state index contributed by atoms with van der Waals surface area (Å²) in [6, 6.07) is 65.6. The lowest BCUT2D eigenvalue weighted by Gasteiger charge is -2.15. The molecule has 0 fully saturated rings. The minimum absolute atomic E-state index is 0.897. The average molecular weight is 651 g/mol. The summed E-state index contributed by atoms with van der Waals surface area (Å²) in [6.45, 7) is 0. The molecule has 0 aliphatic heterocycles. The quantitative estimate of drug-likeness (QED) is 0.186. The number of hydrogen-bond donors (Lipinski definition) is 0. The zero-order valence-electron chi connectivity index (χ0n) is 27.6. The van der Waals surface area contributed by atoms with Crippen LogP contribution in [0.25, 0.3) is 99.2 Å². The molecule has 3 aromatic heterocycles. The van der Waals surface area contributed by atoms with E-state index in [9.17, 15) is 0 Å². The van der Waals surface area contributed by atoms with E-state index in [2.05, 4.69) is 179 Å². The maximum absolute atomic E-state index is 6.24.